The molecule has 2 fully saturated rings. The van der Waals surface area contributed by atoms with E-state index in [-0.39, 0.29) is 5.75 Å². The summed E-state index contributed by atoms with van der Waals surface area (Å²) < 4.78 is 43.9. The average Bonchev–Trinajstić information content (AvgIpc) is 3.49. The minimum Gasteiger partial charge on any atom is -0.484 e. The molecule has 25 heavy (non-hydrogen) atoms. The number of hydrogen-bond acceptors (Lipinski definition) is 4. The van der Waals surface area contributed by atoms with Gasteiger partial charge in [-0.1, -0.05) is 23.9 Å². The molecule has 8 heteroatoms. The van der Waals surface area contributed by atoms with Gasteiger partial charge in [0.05, 0.1) is 0 Å². The monoisotopic (exact) mass is 369 g/mol. The Hall–Kier alpha value is -1.70. The van der Waals surface area contributed by atoms with Crippen molar-refractivity contribution in [1.82, 2.24) is 14.8 Å². The zero-order valence-corrected chi connectivity index (χ0v) is 14.3. The Kier molecular flexibility index (Phi) is 4.39. The molecule has 1 aromatic heterocycles. The van der Waals surface area contributed by atoms with E-state index < -0.39 is 12.8 Å². The molecule has 0 amide bonds. The van der Waals surface area contributed by atoms with E-state index in [1.165, 1.54) is 31.7 Å². The lowest BCUT2D eigenvalue weighted by Crippen LogP contribution is -2.19. The zero-order valence-electron chi connectivity index (χ0n) is 13.5. The number of hydrogen-bond donors (Lipinski definition) is 0. The third-order valence-electron chi connectivity index (χ3n) is 4.21. The molecule has 0 saturated heterocycles. The highest BCUT2D eigenvalue weighted by Gasteiger charge is 2.36. The molecular formula is C17H18F3N3OS. The molecule has 0 atom stereocenters. The number of benzene rings is 1. The molecule has 0 bridgehead atoms. The van der Waals surface area contributed by atoms with Gasteiger partial charge in [0.25, 0.3) is 0 Å². The summed E-state index contributed by atoms with van der Waals surface area (Å²) in [6.45, 7) is -1.27. The quantitative estimate of drug-likeness (QED) is 0.662. The number of thioether (sulfide) groups is 1. The molecule has 1 aromatic carbocycles. The van der Waals surface area contributed by atoms with E-state index in [0.29, 0.717) is 17.7 Å². The van der Waals surface area contributed by atoms with Crippen molar-refractivity contribution in [2.45, 2.75) is 54.7 Å². The van der Waals surface area contributed by atoms with Gasteiger partial charge in [-0.3, -0.25) is 0 Å². The molecule has 2 aliphatic rings. The second-order valence-electron chi connectivity index (χ2n) is 6.56. The molecule has 4 nitrogen and oxygen atoms in total. The predicted octanol–water partition coefficient (Wildman–Crippen LogP) is 4.72. The molecule has 0 unspecified atom stereocenters. The Morgan fingerprint density at radius 3 is 2.64 bits per heavy atom. The first-order chi connectivity index (χ1) is 12.0. The van der Waals surface area contributed by atoms with Gasteiger partial charge in [0.2, 0.25) is 0 Å². The van der Waals surface area contributed by atoms with Crippen LogP contribution in [0.15, 0.2) is 29.4 Å². The topological polar surface area (TPSA) is 39.9 Å². The first-order valence-electron chi connectivity index (χ1n) is 8.36. The van der Waals surface area contributed by atoms with Crippen molar-refractivity contribution in [3.05, 3.63) is 35.7 Å². The first-order valence-corrected chi connectivity index (χ1v) is 9.34. The van der Waals surface area contributed by atoms with Gasteiger partial charge in [-0.25, -0.2) is 0 Å². The van der Waals surface area contributed by atoms with E-state index in [1.807, 2.05) is 6.07 Å². The Balaban J connectivity index is 1.42. The summed E-state index contributed by atoms with van der Waals surface area (Å²) in [6.07, 6.45) is 0.394. The zero-order chi connectivity index (χ0) is 17.4. The highest BCUT2D eigenvalue weighted by atomic mass is 32.2. The normalized spacial score (nSPS) is 17.7. The summed E-state index contributed by atoms with van der Waals surface area (Å²) in [5.41, 5.74) is 0.906. The minimum absolute atomic E-state index is 0.234. The van der Waals surface area contributed by atoms with Crippen molar-refractivity contribution in [3.8, 4) is 5.75 Å². The van der Waals surface area contributed by atoms with Crippen molar-refractivity contribution >= 4 is 11.8 Å². The molecule has 1 heterocycles. The van der Waals surface area contributed by atoms with E-state index in [1.54, 1.807) is 23.9 Å². The van der Waals surface area contributed by atoms with Crippen LogP contribution in [0.25, 0.3) is 0 Å². The minimum atomic E-state index is -4.33. The van der Waals surface area contributed by atoms with Crippen LogP contribution in [-0.2, 0) is 5.75 Å². The SMILES string of the molecule is FC(F)(F)COc1cccc(CSc2nnc(C3CC3)n2C2CC2)c1. The smallest absolute Gasteiger partial charge is 0.422 e. The van der Waals surface area contributed by atoms with Gasteiger partial charge in [0, 0.05) is 17.7 Å². The lowest BCUT2D eigenvalue weighted by molar-refractivity contribution is -0.153. The molecule has 2 saturated carbocycles. The van der Waals surface area contributed by atoms with Crippen molar-refractivity contribution in [2.75, 3.05) is 6.61 Å². The van der Waals surface area contributed by atoms with Crippen LogP contribution >= 0.6 is 11.8 Å². The lowest BCUT2D eigenvalue weighted by atomic mass is 10.2. The van der Waals surface area contributed by atoms with Gasteiger partial charge in [-0.2, -0.15) is 13.2 Å². The van der Waals surface area contributed by atoms with Crippen LogP contribution in [0.4, 0.5) is 13.2 Å². The summed E-state index contributed by atoms with van der Waals surface area (Å²) in [4.78, 5) is 0. The average molecular weight is 369 g/mol. The fraction of sp³-hybridized carbons (Fsp3) is 0.529. The highest BCUT2D eigenvalue weighted by molar-refractivity contribution is 7.98. The maximum Gasteiger partial charge on any atom is 0.422 e. The molecule has 0 N–H and O–H groups in total. The third-order valence-corrected chi connectivity index (χ3v) is 5.23. The first kappa shape index (κ1) is 16.8. The second kappa shape index (κ2) is 6.55. The molecule has 2 aromatic rings. The van der Waals surface area contributed by atoms with E-state index >= 15 is 0 Å². The van der Waals surface area contributed by atoms with Crippen LogP contribution in [0.5, 0.6) is 5.75 Å². The van der Waals surface area contributed by atoms with E-state index in [2.05, 4.69) is 14.8 Å². The third kappa shape index (κ3) is 4.29. The summed E-state index contributed by atoms with van der Waals surface area (Å²) in [7, 11) is 0. The van der Waals surface area contributed by atoms with E-state index in [4.69, 9.17) is 4.74 Å². The van der Waals surface area contributed by atoms with Gasteiger partial charge in [-0.15, -0.1) is 10.2 Å². The standard InChI is InChI=1S/C17H18F3N3OS/c18-17(19,20)10-24-14-3-1-2-11(8-14)9-25-16-22-21-15(12-4-5-12)23(16)13-6-7-13/h1-3,8,12-13H,4-7,9-10H2. The Labute approximate surface area is 147 Å². The van der Waals surface area contributed by atoms with Crippen molar-refractivity contribution in [3.63, 3.8) is 0 Å². The number of rotatable bonds is 7. The van der Waals surface area contributed by atoms with Gasteiger partial charge in [-0.05, 0) is 43.4 Å². The molecule has 2 aliphatic carbocycles. The van der Waals surface area contributed by atoms with Crippen molar-refractivity contribution in [2.24, 2.45) is 0 Å². The molecule has 134 valence electrons. The molecule has 4 rings (SSSR count). The van der Waals surface area contributed by atoms with Crippen LogP contribution in [0.1, 0.15) is 49.0 Å². The van der Waals surface area contributed by atoms with Gasteiger partial charge >= 0.3 is 6.18 Å². The van der Waals surface area contributed by atoms with Crippen LogP contribution in [0.2, 0.25) is 0 Å². The number of nitrogens with zero attached hydrogens (tertiary/aromatic N) is 3. The second-order valence-corrected chi connectivity index (χ2v) is 7.50. The number of alkyl halides is 3. The fourth-order valence-electron chi connectivity index (χ4n) is 2.72. The summed E-state index contributed by atoms with van der Waals surface area (Å²) in [5.74, 6) is 2.52. The van der Waals surface area contributed by atoms with E-state index in [0.717, 1.165) is 16.5 Å². The summed E-state index contributed by atoms with van der Waals surface area (Å²) >= 11 is 1.58. The van der Waals surface area contributed by atoms with Gasteiger partial charge < -0.3 is 9.30 Å². The van der Waals surface area contributed by atoms with Crippen LogP contribution < -0.4 is 4.74 Å². The number of halogens is 3. The number of aromatic nitrogens is 3. The molecular weight excluding hydrogens is 351 g/mol. The largest absolute Gasteiger partial charge is 0.484 e. The Bertz CT molecular complexity index is 754. The molecule has 0 aliphatic heterocycles. The van der Waals surface area contributed by atoms with E-state index in [9.17, 15) is 13.2 Å². The molecule has 0 spiro atoms. The van der Waals surface area contributed by atoms with Gasteiger partial charge in [0.15, 0.2) is 11.8 Å². The maximum absolute atomic E-state index is 12.3. The predicted molar refractivity (Wildman–Crippen MR) is 87.8 cm³/mol. The number of ether oxygens (including phenoxy) is 1. The fourth-order valence-corrected chi connectivity index (χ4v) is 3.68. The summed E-state index contributed by atoms with van der Waals surface area (Å²) in [5, 5.41) is 9.62. The van der Waals surface area contributed by atoms with Crippen LogP contribution in [-0.4, -0.2) is 27.5 Å². The Morgan fingerprint density at radius 1 is 1.16 bits per heavy atom. The van der Waals surface area contributed by atoms with Gasteiger partial charge in [0.1, 0.15) is 11.6 Å². The van der Waals surface area contributed by atoms with Crippen molar-refractivity contribution < 1.29 is 17.9 Å². The van der Waals surface area contributed by atoms with Crippen LogP contribution in [0, 0.1) is 0 Å². The lowest BCUT2D eigenvalue weighted by Gasteiger charge is -2.11. The highest BCUT2D eigenvalue weighted by Crippen LogP contribution is 2.46. The Morgan fingerprint density at radius 2 is 1.96 bits per heavy atom. The summed E-state index contributed by atoms with van der Waals surface area (Å²) in [6, 6.07) is 7.31. The van der Waals surface area contributed by atoms with Crippen molar-refractivity contribution in [1.29, 1.82) is 0 Å². The van der Waals surface area contributed by atoms with Crippen LogP contribution in [0.3, 0.4) is 0 Å². The maximum atomic E-state index is 12.3. The molecule has 0 radical (unpaired) electrons.